The van der Waals surface area contributed by atoms with Gasteiger partial charge >= 0.3 is 17.4 Å². The number of hydrogen-bond donors (Lipinski definition) is 1. The molecule has 2 aromatic rings. The number of rotatable bonds is 0. The van der Waals surface area contributed by atoms with Crippen molar-refractivity contribution in [2.45, 2.75) is 0 Å². The maximum atomic E-state index is 9.53. The van der Waals surface area contributed by atoms with E-state index in [4.69, 9.17) is 23.2 Å². The van der Waals surface area contributed by atoms with E-state index in [9.17, 15) is 5.11 Å². The van der Waals surface area contributed by atoms with E-state index in [0.29, 0.717) is 15.9 Å². The molecule has 66 valence electrons. The van der Waals surface area contributed by atoms with Crippen molar-refractivity contribution in [2.75, 3.05) is 0 Å². The van der Waals surface area contributed by atoms with Crippen LogP contribution in [0.1, 0.15) is 0 Å². The molecule has 1 heterocycles. The van der Waals surface area contributed by atoms with Gasteiger partial charge in [0.05, 0.1) is 10.0 Å². The third-order valence-corrected chi connectivity index (χ3v) is 2.37. The van der Waals surface area contributed by atoms with Gasteiger partial charge in [0.15, 0.2) is 5.75 Å². The standard InChI is InChI=1S/C9H5Cl2NO.Al/c10-6-4-7(11)9(13)8-5(6)2-1-3-12-8;/h1-4,13H;/q;+3. The Morgan fingerprint density at radius 1 is 1.21 bits per heavy atom. The average Bonchev–Trinajstić information content (AvgIpc) is 2.15. The van der Waals surface area contributed by atoms with Crippen molar-refractivity contribution in [2.24, 2.45) is 0 Å². The molecule has 0 fully saturated rings. The van der Waals surface area contributed by atoms with Gasteiger partial charge in [0.25, 0.3) is 0 Å². The van der Waals surface area contributed by atoms with Crippen LogP contribution in [0.15, 0.2) is 24.4 Å². The summed E-state index contributed by atoms with van der Waals surface area (Å²) in [6, 6.07) is 5.03. The first kappa shape index (κ1) is 11.6. The first-order chi connectivity index (χ1) is 6.20. The molecule has 1 aromatic heterocycles. The van der Waals surface area contributed by atoms with Crippen LogP contribution < -0.4 is 0 Å². The molecule has 0 aliphatic heterocycles. The van der Waals surface area contributed by atoms with Crippen LogP contribution in [0.2, 0.25) is 10.0 Å². The number of aromatic hydroxyl groups is 1. The first-order valence-corrected chi connectivity index (χ1v) is 4.37. The Balaban J connectivity index is 0.000000980. The number of phenols is 1. The van der Waals surface area contributed by atoms with E-state index in [-0.39, 0.29) is 28.1 Å². The van der Waals surface area contributed by atoms with E-state index in [1.54, 1.807) is 18.3 Å². The Morgan fingerprint density at radius 2 is 1.93 bits per heavy atom. The summed E-state index contributed by atoms with van der Waals surface area (Å²) in [5.74, 6) is -0.0262. The van der Waals surface area contributed by atoms with Crippen molar-refractivity contribution >= 4 is 51.5 Å². The molecule has 0 unspecified atom stereocenters. The zero-order valence-corrected chi connectivity index (χ0v) is 9.70. The van der Waals surface area contributed by atoms with Crippen LogP contribution in [-0.4, -0.2) is 27.5 Å². The molecule has 0 spiro atoms. The second-order valence-corrected chi connectivity index (χ2v) is 3.40. The van der Waals surface area contributed by atoms with E-state index < -0.39 is 0 Å². The smallest absolute Gasteiger partial charge is 0.504 e. The first-order valence-electron chi connectivity index (χ1n) is 3.62. The Bertz CT molecular complexity index is 476. The predicted molar refractivity (Wildman–Crippen MR) is 59.2 cm³/mol. The average molecular weight is 241 g/mol. The SMILES string of the molecule is Oc1c(Cl)cc(Cl)c2cccnc12.[Al+3]. The summed E-state index contributed by atoms with van der Waals surface area (Å²) in [5.41, 5.74) is 0.431. The van der Waals surface area contributed by atoms with E-state index in [2.05, 4.69) is 4.98 Å². The summed E-state index contributed by atoms with van der Waals surface area (Å²) >= 11 is 11.6. The number of nitrogens with zero attached hydrogens (tertiary/aromatic N) is 1. The number of fused-ring (bicyclic) bond motifs is 1. The maximum Gasteiger partial charge on any atom is 3.00 e. The molecular formula is C9H5AlCl2NO+3. The van der Waals surface area contributed by atoms with Crippen molar-refractivity contribution < 1.29 is 5.11 Å². The summed E-state index contributed by atoms with van der Waals surface area (Å²) in [6.45, 7) is 0. The normalized spacial score (nSPS) is 9.86. The van der Waals surface area contributed by atoms with Crippen molar-refractivity contribution in [3.63, 3.8) is 0 Å². The van der Waals surface area contributed by atoms with Gasteiger partial charge in [-0.15, -0.1) is 0 Å². The molecule has 0 radical (unpaired) electrons. The molecule has 0 saturated heterocycles. The van der Waals surface area contributed by atoms with E-state index in [1.165, 1.54) is 6.07 Å². The number of benzene rings is 1. The Morgan fingerprint density at radius 3 is 2.64 bits per heavy atom. The van der Waals surface area contributed by atoms with Crippen molar-refractivity contribution in [3.05, 3.63) is 34.4 Å². The van der Waals surface area contributed by atoms with Crippen LogP contribution in [0.5, 0.6) is 5.75 Å². The molecule has 2 nitrogen and oxygen atoms in total. The van der Waals surface area contributed by atoms with E-state index >= 15 is 0 Å². The van der Waals surface area contributed by atoms with Crippen LogP contribution in [0.3, 0.4) is 0 Å². The van der Waals surface area contributed by atoms with Gasteiger partial charge in [-0.25, -0.2) is 0 Å². The topological polar surface area (TPSA) is 33.1 Å². The minimum atomic E-state index is -0.0262. The zero-order chi connectivity index (χ0) is 9.42. The predicted octanol–water partition coefficient (Wildman–Crippen LogP) is 2.87. The molecule has 0 aliphatic rings. The second kappa shape index (κ2) is 4.38. The maximum absolute atomic E-state index is 9.53. The zero-order valence-electron chi connectivity index (χ0n) is 7.04. The van der Waals surface area contributed by atoms with Crippen molar-refractivity contribution in [3.8, 4) is 5.75 Å². The largest absolute Gasteiger partial charge is 3.00 e. The molecule has 1 N–H and O–H groups in total. The Hall–Kier alpha value is -0.458. The van der Waals surface area contributed by atoms with Gasteiger partial charge in [-0.1, -0.05) is 23.2 Å². The van der Waals surface area contributed by atoms with Crippen molar-refractivity contribution in [1.82, 2.24) is 4.98 Å². The van der Waals surface area contributed by atoms with Crippen LogP contribution >= 0.6 is 23.2 Å². The quantitative estimate of drug-likeness (QED) is 0.719. The van der Waals surface area contributed by atoms with Gasteiger partial charge in [-0.3, -0.25) is 4.98 Å². The molecule has 1 aromatic carbocycles. The molecule has 0 amide bonds. The third kappa shape index (κ3) is 1.82. The molecule has 5 heteroatoms. The van der Waals surface area contributed by atoms with Gasteiger partial charge in [-0.2, -0.15) is 0 Å². The number of aromatic nitrogens is 1. The summed E-state index contributed by atoms with van der Waals surface area (Å²) in [6.07, 6.45) is 1.58. The molecule has 0 bridgehead atoms. The molecule has 14 heavy (non-hydrogen) atoms. The number of hydrogen-bond acceptors (Lipinski definition) is 2. The molecule has 0 atom stereocenters. The second-order valence-electron chi connectivity index (χ2n) is 2.59. The van der Waals surface area contributed by atoms with Gasteiger partial charge in [-0.05, 0) is 18.2 Å². The van der Waals surface area contributed by atoms with Crippen molar-refractivity contribution in [1.29, 1.82) is 0 Å². The van der Waals surface area contributed by atoms with Crippen LogP contribution in [0.4, 0.5) is 0 Å². The Kier molecular flexibility index (Phi) is 3.63. The molecule has 2 rings (SSSR count). The van der Waals surface area contributed by atoms with Crippen LogP contribution in [0.25, 0.3) is 10.9 Å². The minimum absolute atomic E-state index is 0. The summed E-state index contributed by atoms with van der Waals surface area (Å²) in [4.78, 5) is 3.98. The van der Waals surface area contributed by atoms with E-state index in [1.807, 2.05) is 0 Å². The number of halogens is 2. The summed E-state index contributed by atoms with van der Waals surface area (Å²) in [5, 5.41) is 10.9. The fourth-order valence-electron chi connectivity index (χ4n) is 1.16. The summed E-state index contributed by atoms with van der Waals surface area (Å²) < 4.78 is 0. The van der Waals surface area contributed by atoms with Gasteiger partial charge in [0.2, 0.25) is 0 Å². The van der Waals surface area contributed by atoms with Gasteiger partial charge < -0.3 is 5.11 Å². The summed E-state index contributed by atoms with van der Waals surface area (Å²) in [7, 11) is 0. The monoisotopic (exact) mass is 240 g/mol. The van der Waals surface area contributed by atoms with E-state index in [0.717, 1.165) is 0 Å². The third-order valence-electron chi connectivity index (χ3n) is 1.77. The molecule has 0 aliphatic carbocycles. The fourth-order valence-corrected chi connectivity index (χ4v) is 1.67. The molecular weight excluding hydrogens is 236 g/mol. The number of pyridine rings is 1. The van der Waals surface area contributed by atoms with Gasteiger partial charge in [0.1, 0.15) is 5.52 Å². The number of phenolic OH excluding ortho intramolecular Hbond substituents is 1. The minimum Gasteiger partial charge on any atom is -0.504 e. The fraction of sp³-hybridized carbons (Fsp3) is 0. The van der Waals surface area contributed by atoms with Crippen LogP contribution in [0, 0.1) is 0 Å². The molecule has 0 saturated carbocycles. The Labute approximate surface area is 102 Å². The van der Waals surface area contributed by atoms with Gasteiger partial charge in [0, 0.05) is 11.6 Å². The van der Waals surface area contributed by atoms with Crippen LogP contribution in [-0.2, 0) is 0 Å².